The molecule has 4 aromatic carbocycles. The number of halogens is 3. The molecule has 5 aromatic rings. The molecule has 0 aliphatic carbocycles. The molecule has 0 radical (unpaired) electrons. The van der Waals surface area contributed by atoms with Crippen LogP contribution >= 0.6 is 0 Å². The summed E-state index contributed by atoms with van der Waals surface area (Å²) in [5.74, 6) is -0.952. The van der Waals surface area contributed by atoms with Gasteiger partial charge in [0.1, 0.15) is 12.4 Å². The van der Waals surface area contributed by atoms with Crippen LogP contribution in [0.5, 0.6) is 5.75 Å². The van der Waals surface area contributed by atoms with Gasteiger partial charge in [-0.2, -0.15) is 13.2 Å². The van der Waals surface area contributed by atoms with Gasteiger partial charge < -0.3 is 9.84 Å². The lowest BCUT2D eigenvalue weighted by Gasteiger charge is -2.17. The SMILES string of the molecule is CC(C(=O)O)c1ccc(COc2cccc(-c3c(-c4ccccc4)cnc4c(C(F)(F)F)cccc34)c2)cc1. The number of alkyl halides is 3. The van der Waals surface area contributed by atoms with E-state index in [1.165, 1.54) is 12.3 Å². The van der Waals surface area contributed by atoms with Gasteiger partial charge in [-0.1, -0.05) is 78.9 Å². The van der Waals surface area contributed by atoms with E-state index < -0.39 is 23.6 Å². The van der Waals surface area contributed by atoms with E-state index in [-0.39, 0.29) is 12.1 Å². The van der Waals surface area contributed by atoms with Crippen molar-refractivity contribution in [3.05, 3.63) is 120 Å². The van der Waals surface area contributed by atoms with Gasteiger partial charge in [0.2, 0.25) is 0 Å². The van der Waals surface area contributed by atoms with Crippen LogP contribution in [-0.4, -0.2) is 16.1 Å². The molecule has 39 heavy (non-hydrogen) atoms. The van der Waals surface area contributed by atoms with Gasteiger partial charge in [-0.3, -0.25) is 9.78 Å². The van der Waals surface area contributed by atoms with Crippen molar-refractivity contribution in [2.45, 2.75) is 25.6 Å². The van der Waals surface area contributed by atoms with E-state index in [0.29, 0.717) is 33.4 Å². The Morgan fingerprint density at radius 1 is 0.897 bits per heavy atom. The average Bonchev–Trinajstić information content (AvgIpc) is 2.95. The van der Waals surface area contributed by atoms with E-state index in [0.717, 1.165) is 17.2 Å². The first-order chi connectivity index (χ1) is 18.7. The molecule has 7 heteroatoms. The zero-order valence-electron chi connectivity index (χ0n) is 20.9. The van der Waals surface area contributed by atoms with Crippen molar-refractivity contribution in [1.82, 2.24) is 4.98 Å². The van der Waals surface area contributed by atoms with Crippen LogP contribution in [0, 0.1) is 0 Å². The van der Waals surface area contributed by atoms with E-state index in [9.17, 15) is 23.1 Å². The van der Waals surface area contributed by atoms with Crippen LogP contribution < -0.4 is 4.74 Å². The summed E-state index contributed by atoms with van der Waals surface area (Å²) in [7, 11) is 0. The Hall–Kier alpha value is -4.65. The van der Waals surface area contributed by atoms with Crippen LogP contribution in [0.1, 0.15) is 29.5 Å². The summed E-state index contributed by atoms with van der Waals surface area (Å²) in [5, 5.41) is 9.60. The van der Waals surface area contributed by atoms with Gasteiger partial charge in [-0.05, 0) is 47.4 Å². The van der Waals surface area contributed by atoms with Crippen molar-refractivity contribution < 1.29 is 27.8 Å². The van der Waals surface area contributed by atoms with Crippen molar-refractivity contribution in [2.75, 3.05) is 0 Å². The van der Waals surface area contributed by atoms with Gasteiger partial charge >= 0.3 is 12.1 Å². The zero-order chi connectivity index (χ0) is 27.6. The minimum atomic E-state index is -4.54. The quantitative estimate of drug-likeness (QED) is 0.231. The minimum absolute atomic E-state index is 0.110. The predicted octanol–water partition coefficient (Wildman–Crippen LogP) is 8.35. The van der Waals surface area contributed by atoms with Crippen molar-refractivity contribution in [1.29, 1.82) is 0 Å². The predicted molar refractivity (Wildman–Crippen MR) is 144 cm³/mol. The number of hydrogen-bond donors (Lipinski definition) is 1. The average molecular weight is 528 g/mol. The number of pyridine rings is 1. The number of aliphatic carboxylic acids is 1. The normalized spacial score (nSPS) is 12.3. The first-order valence-electron chi connectivity index (χ1n) is 12.3. The van der Waals surface area contributed by atoms with Crippen molar-refractivity contribution in [3.63, 3.8) is 0 Å². The number of carbonyl (C=O) groups is 1. The number of hydrogen-bond acceptors (Lipinski definition) is 3. The molecule has 196 valence electrons. The highest BCUT2D eigenvalue weighted by Crippen LogP contribution is 2.42. The molecule has 1 unspecified atom stereocenters. The summed E-state index contributed by atoms with van der Waals surface area (Å²) < 4.78 is 47.5. The molecule has 0 fully saturated rings. The Morgan fingerprint density at radius 3 is 2.28 bits per heavy atom. The van der Waals surface area contributed by atoms with Crippen LogP contribution in [0.15, 0.2) is 103 Å². The second-order valence-electron chi connectivity index (χ2n) is 9.23. The second kappa shape index (κ2) is 10.6. The maximum Gasteiger partial charge on any atom is 0.418 e. The topological polar surface area (TPSA) is 59.4 Å². The second-order valence-corrected chi connectivity index (χ2v) is 9.23. The van der Waals surface area contributed by atoms with E-state index in [4.69, 9.17) is 4.74 Å². The molecule has 0 bridgehead atoms. The van der Waals surface area contributed by atoms with Crippen LogP contribution in [0.25, 0.3) is 33.2 Å². The van der Waals surface area contributed by atoms with Crippen LogP contribution in [0.3, 0.4) is 0 Å². The van der Waals surface area contributed by atoms with Crippen LogP contribution in [0.2, 0.25) is 0 Å². The standard InChI is InChI=1S/C32H24F3NO3/c1-20(31(37)38)22-15-13-21(14-16-22)19-39-25-10-5-9-24(17-25)29-26-11-6-12-28(32(33,34)35)30(26)36-18-27(29)23-7-3-2-4-8-23/h2-18,20H,19H2,1H3,(H,37,38). The number of carboxylic acid groups (broad SMARTS) is 1. The number of aromatic nitrogens is 1. The van der Waals surface area contributed by atoms with E-state index >= 15 is 0 Å². The lowest BCUT2D eigenvalue weighted by Crippen LogP contribution is -2.07. The maximum atomic E-state index is 13.8. The molecule has 4 nitrogen and oxygen atoms in total. The Bertz CT molecular complexity index is 1630. The Morgan fingerprint density at radius 2 is 1.59 bits per heavy atom. The fourth-order valence-corrected chi connectivity index (χ4v) is 4.55. The number of ether oxygens (including phenoxy) is 1. The molecule has 1 N–H and O–H groups in total. The number of fused-ring (bicyclic) bond motifs is 1. The summed E-state index contributed by atoms with van der Waals surface area (Å²) in [4.78, 5) is 15.5. The minimum Gasteiger partial charge on any atom is -0.489 e. The van der Waals surface area contributed by atoms with Gasteiger partial charge in [0, 0.05) is 22.7 Å². The number of rotatable bonds is 7. The molecular weight excluding hydrogens is 503 g/mol. The third-order valence-corrected chi connectivity index (χ3v) is 6.67. The third-order valence-electron chi connectivity index (χ3n) is 6.67. The zero-order valence-corrected chi connectivity index (χ0v) is 20.9. The highest BCUT2D eigenvalue weighted by molar-refractivity contribution is 6.03. The Labute approximate surface area is 223 Å². The van der Waals surface area contributed by atoms with Gasteiger partial charge in [-0.25, -0.2) is 0 Å². The number of benzene rings is 4. The molecule has 1 aromatic heterocycles. The monoisotopic (exact) mass is 527 g/mol. The molecular formula is C32H24F3NO3. The van der Waals surface area contributed by atoms with Crippen molar-refractivity contribution in [3.8, 4) is 28.0 Å². The van der Waals surface area contributed by atoms with E-state index in [1.807, 2.05) is 54.6 Å². The highest BCUT2D eigenvalue weighted by atomic mass is 19.4. The molecule has 5 rings (SSSR count). The number of para-hydroxylation sites is 1. The lowest BCUT2D eigenvalue weighted by molar-refractivity contribution is -0.138. The van der Waals surface area contributed by atoms with Gasteiger partial charge in [0.15, 0.2) is 0 Å². The summed E-state index contributed by atoms with van der Waals surface area (Å²) in [6.07, 6.45) is -3.05. The van der Waals surface area contributed by atoms with Crippen LogP contribution in [0.4, 0.5) is 13.2 Å². The van der Waals surface area contributed by atoms with Gasteiger partial charge in [-0.15, -0.1) is 0 Å². The molecule has 0 aliphatic heterocycles. The smallest absolute Gasteiger partial charge is 0.418 e. The summed E-state index contributed by atoms with van der Waals surface area (Å²) in [6.45, 7) is 1.87. The summed E-state index contributed by atoms with van der Waals surface area (Å²) in [5.41, 5.74) is 3.54. The maximum absolute atomic E-state index is 13.8. The molecule has 0 saturated heterocycles. The molecule has 0 spiro atoms. The van der Waals surface area contributed by atoms with Crippen molar-refractivity contribution in [2.24, 2.45) is 0 Å². The molecule has 1 atom stereocenters. The summed E-state index contributed by atoms with van der Waals surface area (Å²) >= 11 is 0. The number of nitrogens with zero attached hydrogens (tertiary/aromatic N) is 1. The molecule has 1 heterocycles. The largest absolute Gasteiger partial charge is 0.489 e. The van der Waals surface area contributed by atoms with E-state index in [2.05, 4.69) is 4.98 Å². The van der Waals surface area contributed by atoms with Crippen LogP contribution in [-0.2, 0) is 17.6 Å². The lowest BCUT2D eigenvalue weighted by atomic mass is 9.91. The van der Waals surface area contributed by atoms with E-state index in [1.54, 1.807) is 37.3 Å². The molecule has 0 saturated carbocycles. The first-order valence-corrected chi connectivity index (χ1v) is 12.3. The fourth-order valence-electron chi connectivity index (χ4n) is 4.55. The third kappa shape index (κ3) is 5.48. The first kappa shape index (κ1) is 26.0. The molecule has 0 amide bonds. The Balaban J connectivity index is 1.54. The Kier molecular flexibility index (Phi) is 7.07. The van der Waals surface area contributed by atoms with Crippen molar-refractivity contribution >= 4 is 16.9 Å². The van der Waals surface area contributed by atoms with Gasteiger partial charge in [0.25, 0.3) is 0 Å². The summed E-state index contributed by atoms with van der Waals surface area (Å²) in [6, 6.07) is 27.9. The fraction of sp³-hybridized carbons (Fsp3) is 0.125. The number of carboxylic acids is 1. The highest BCUT2D eigenvalue weighted by Gasteiger charge is 2.33. The molecule has 0 aliphatic rings. The van der Waals surface area contributed by atoms with Gasteiger partial charge in [0.05, 0.1) is 17.0 Å².